The minimum absolute atomic E-state index is 0.199. The molecule has 30 heavy (non-hydrogen) atoms. The summed E-state index contributed by atoms with van der Waals surface area (Å²) in [5.74, 6) is 2.15. The standard InChI is InChI=1S/C20H21ClN4O4S/c1-11(19(26)22-12-5-8-16(28-3)15(21)9-12)30-20-23-18(24-25-20)14-7-6-13(27-2)10-17(14)29-4/h5-11H,1-4H3,(H,22,26)(H,23,24,25). The molecule has 3 rings (SSSR count). The van der Waals surface area contributed by atoms with Crippen molar-refractivity contribution in [3.8, 4) is 28.6 Å². The first kappa shape index (κ1) is 21.8. The predicted octanol–water partition coefficient (Wildman–Crippen LogP) is 4.27. The fourth-order valence-electron chi connectivity index (χ4n) is 2.61. The van der Waals surface area contributed by atoms with Gasteiger partial charge in [-0.05, 0) is 37.3 Å². The number of anilines is 1. The number of nitrogens with zero attached hydrogens (tertiary/aromatic N) is 2. The molecule has 0 saturated heterocycles. The Balaban J connectivity index is 1.68. The lowest BCUT2D eigenvalue weighted by Gasteiger charge is -2.11. The van der Waals surface area contributed by atoms with E-state index in [9.17, 15) is 4.79 Å². The lowest BCUT2D eigenvalue weighted by molar-refractivity contribution is -0.115. The lowest BCUT2D eigenvalue weighted by atomic mass is 10.2. The molecule has 158 valence electrons. The van der Waals surface area contributed by atoms with Gasteiger partial charge in [-0.1, -0.05) is 23.4 Å². The number of carbonyl (C=O) groups is 1. The zero-order valence-corrected chi connectivity index (χ0v) is 18.4. The van der Waals surface area contributed by atoms with E-state index in [2.05, 4.69) is 20.5 Å². The van der Waals surface area contributed by atoms with Gasteiger partial charge in [0.25, 0.3) is 0 Å². The first-order chi connectivity index (χ1) is 14.4. The molecule has 2 N–H and O–H groups in total. The number of rotatable bonds is 8. The zero-order chi connectivity index (χ0) is 21.7. The van der Waals surface area contributed by atoms with Gasteiger partial charge in [-0.2, -0.15) is 0 Å². The highest BCUT2D eigenvalue weighted by molar-refractivity contribution is 8.00. The highest BCUT2D eigenvalue weighted by Gasteiger charge is 2.19. The summed E-state index contributed by atoms with van der Waals surface area (Å²) in [6, 6.07) is 10.5. The van der Waals surface area contributed by atoms with Gasteiger partial charge < -0.3 is 19.5 Å². The van der Waals surface area contributed by atoms with Gasteiger partial charge in [0, 0.05) is 11.8 Å². The Hall–Kier alpha value is -2.91. The van der Waals surface area contributed by atoms with Crippen LogP contribution < -0.4 is 19.5 Å². The maximum Gasteiger partial charge on any atom is 0.237 e. The van der Waals surface area contributed by atoms with Crippen molar-refractivity contribution >= 4 is 35.0 Å². The fraction of sp³-hybridized carbons (Fsp3) is 0.250. The lowest BCUT2D eigenvalue weighted by Crippen LogP contribution is -2.22. The minimum Gasteiger partial charge on any atom is -0.497 e. The minimum atomic E-state index is -0.438. The average molecular weight is 449 g/mol. The number of nitrogens with one attached hydrogen (secondary N) is 2. The molecule has 0 aliphatic heterocycles. The van der Waals surface area contributed by atoms with E-state index in [1.807, 2.05) is 12.1 Å². The highest BCUT2D eigenvalue weighted by atomic mass is 35.5. The third-order valence-corrected chi connectivity index (χ3v) is 5.46. The van der Waals surface area contributed by atoms with Gasteiger partial charge in [-0.25, -0.2) is 4.98 Å². The van der Waals surface area contributed by atoms with Crippen LogP contribution in [0.2, 0.25) is 5.02 Å². The molecule has 0 aliphatic carbocycles. The average Bonchev–Trinajstić information content (AvgIpc) is 3.21. The Bertz CT molecular complexity index is 1040. The normalized spacial score (nSPS) is 11.6. The topological polar surface area (TPSA) is 98.4 Å². The highest BCUT2D eigenvalue weighted by Crippen LogP contribution is 2.33. The maximum atomic E-state index is 12.5. The van der Waals surface area contributed by atoms with E-state index >= 15 is 0 Å². The monoisotopic (exact) mass is 448 g/mol. The molecule has 2 aromatic carbocycles. The molecule has 1 atom stereocenters. The van der Waals surface area contributed by atoms with E-state index in [1.54, 1.807) is 45.4 Å². The molecule has 0 bridgehead atoms. The Kier molecular flexibility index (Phi) is 7.07. The number of H-pyrrole nitrogens is 1. The smallest absolute Gasteiger partial charge is 0.237 e. The van der Waals surface area contributed by atoms with Gasteiger partial charge in [-0.15, -0.1) is 5.10 Å². The van der Waals surface area contributed by atoms with Crippen LogP contribution in [-0.2, 0) is 4.79 Å². The van der Waals surface area contributed by atoms with Gasteiger partial charge >= 0.3 is 0 Å². The van der Waals surface area contributed by atoms with Crippen LogP contribution >= 0.6 is 23.4 Å². The number of amides is 1. The number of hydrogen-bond donors (Lipinski definition) is 2. The first-order valence-corrected chi connectivity index (χ1v) is 10.2. The van der Waals surface area contributed by atoms with Crippen molar-refractivity contribution in [1.82, 2.24) is 15.2 Å². The number of hydrogen-bond acceptors (Lipinski definition) is 7. The molecular formula is C20H21ClN4O4S. The second-order valence-corrected chi connectivity index (χ2v) is 7.85. The van der Waals surface area contributed by atoms with Crippen molar-refractivity contribution in [2.45, 2.75) is 17.3 Å². The molecule has 3 aromatic rings. The number of methoxy groups -OCH3 is 3. The Labute approximate surface area is 183 Å². The molecule has 0 fully saturated rings. The summed E-state index contributed by atoms with van der Waals surface area (Å²) in [7, 11) is 4.69. The predicted molar refractivity (Wildman–Crippen MR) is 117 cm³/mol. The van der Waals surface area contributed by atoms with Crippen LogP contribution in [0.3, 0.4) is 0 Å². The van der Waals surface area contributed by atoms with Crippen LogP contribution in [0.4, 0.5) is 5.69 Å². The molecule has 0 radical (unpaired) electrons. The van der Waals surface area contributed by atoms with Gasteiger partial charge in [0.1, 0.15) is 17.2 Å². The van der Waals surface area contributed by atoms with E-state index < -0.39 is 5.25 Å². The van der Waals surface area contributed by atoms with Crippen molar-refractivity contribution in [2.75, 3.05) is 26.6 Å². The summed E-state index contributed by atoms with van der Waals surface area (Å²) in [6.45, 7) is 1.77. The largest absolute Gasteiger partial charge is 0.497 e. The number of benzene rings is 2. The Morgan fingerprint density at radius 1 is 1.10 bits per heavy atom. The van der Waals surface area contributed by atoms with Crippen LogP contribution in [0.5, 0.6) is 17.2 Å². The van der Waals surface area contributed by atoms with E-state index in [1.165, 1.54) is 18.9 Å². The van der Waals surface area contributed by atoms with Crippen LogP contribution in [0.25, 0.3) is 11.4 Å². The number of aromatic nitrogens is 3. The second kappa shape index (κ2) is 9.73. The number of thioether (sulfide) groups is 1. The number of halogens is 1. The van der Waals surface area contributed by atoms with E-state index in [0.29, 0.717) is 38.9 Å². The van der Waals surface area contributed by atoms with E-state index in [4.69, 9.17) is 25.8 Å². The summed E-state index contributed by atoms with van der Waals surface area (Å²) < 4.78 is 15.7. The molecule has 8 nitrogen and oxygen atoms in total. The summed E-state index contributed by atoms with van der Waals surface area (Å²) >= 11 is 7.33. The van der Waals surface area contributed by atoms with Crippen molar-refractivity contribution in [3.63, 3.8) is 0 Å². The summed E-state index contributed by atoms with van der Waals surface area (Å²) in [4.78, 5) is 17.0. The molecular weight excluding hydrogens is 428 g/mol. The van der Waals surface area contributed by atoms with Crippen molar-refractivity contribution in [3.05, 3.63) is 41.4 Å². The van der Waals surface area contributed by atoms with Crippen molar-refractivity contribution in [2.24, 2.45) is 0 Å². The van der Waals surface area contributed by atoms with E-state index in [0.717, 1.165) is 5.56 Å². The Morgan fingerprint density at radius 2 is 1.87 bits per heavy atom. The van der Waals surface area contributed by atoms with Crippen molar-refractivity contribution in [1.29, 1.82) is 0 Å². The van der Waals surface area contributed by atoms with Crippen molar-refractivity contribution < 1.29 is 19.0 Å². The van der Waals surface area contributed by atoms with Gasteiger partial charge in [0.15, 0.2) is 5.82 Å². The van der Waals surface area contributed by atoms with Crippen LogP contribution in [0.15, 0.2) is 41.6 Å². The molecule has 1 aromatic heterocycles. The fourth-order valence-corrected chi connectivity index (χ4v) is 3.60. The third-order valence-electron chi connectivity index (χ3n) is 4.20. The maximum absolute atomic E-state index is 12.5. The molecule has 0 aliphatic rings. The Morgan fingerprint density at radius 3 is 2.53 bits per heavy atom. The van der Waals surface area contributed by atoms with Crippen LogP contribution in [-0.4, -0.2) is 47.7 Å². The number of ether oxygens (including phenoxy) is 3. The SMILES string of the molecule is COc1ccc(-c2nc(SC(C)C(=O)Nc3ccc(OC)c(Cl)c3)n[nH]2)c(OC)c1. The quantitative estimate of drug-likeness (QED) is 0.496. The molecule has 1 amide bonds. The van der Waals surface area contributed by atoms with Gasteiger partial charge in [0.2, 0.25) is 11.1 Å². The molecule has 10 heteroatoms. The molecule has 0 saturated carbocycles. The molecule has 1 unspecified atom stereocenters. The molecule has 1 heterocycles. The van der Waals surface area contributed by atoms with Gasteiger partial charge in [-0.3, -0.25) is 9.89 Å². The summed E-state index contributed by atoms with van der Waals surface area (Å²) in [6.07, 6.45) is 0. The summed E-state index contributed by atoms with van der Waals surface area (Å²) in [5, 5.41) is 10.3. The van der Waals surface area contributed by atoms with Crippen LogP contribution in [0.1, 0.15) is 6.92 Å². The van der Waals surface area contributed by atoms with Gasteiger partial charge in [0.05, 0.1) is 37.2 Å². The summed E-state index contributed by atoms with van der Waals surface area (Å²) in [5.41, 5.74) is 1.32. The van der Waals surface area contributed by atoms with Crippen LogP contribution in [0, 0.1) is 0 Å². The third kappa shape index (κ3) is 4.98. The first-order valence-electron chi connectivity index (χ1n) is 8.91. The number of carbonyl (C=O) groups excluding carboxylic acids is 1. The number of aromatic amines is 1. The second-order valence-electron chi connectivity index (χ2n) is 6.13. The zero-order valence-electron chi connectivity index (χ0n) is 16.9. The molecule has 0 spiro atoms. The van der Waals surface area contributed by atoms with E-state index in [-0.39, 0.29) is 5.91 Å².